The largest absolute Gasteiger partial charge is 0.456 e. The highest BCUT2D eigenvalue weighted by Crippen LogP contribution is 2.39. The van der Waals surface area contributed by atoms with Crippen LogP contribution < -0.4 is 0 Å². The first-order valence-electron chi connectivity index (χ1n) is 2.22. The molecule has 0 saturated carbocycles. The number of hydrogen-bond acceptors (Lipinski definition) is 2. The molecule has 2 nitrogen and oxygen atoms in total. The Balaban J connectivity index is 2.77. The molecule has 0 spiro atoms. The van der Waals surface area contributed by atoms with Gasteiger partial charge in [-0.25, -0.2) is 0 Å². The number of ether oxygens (including phenoxy) is 1. The van der Waals surface area contributed by atoms with Crippen molar-refractivity contribution in [2.45, 2.75) is 12.3 Å². The van der Waals surface area contributed by atoms with Gasteiger partial charge in [-0.2, -0.15) is 17.6 Å². The number of nitrogens with zero attached hydrogens (tertiary/aromatic N) is 1. The second kappa shape index (κ2) is 1.79. The van der Waals surface area contributed by atoms with Gasteiger partial charge in [-0.3, -0.25) is 4.74 Å². The van der Waals surface area contributed by atoms with Gasteiger partial charge < -0.3 is 0 Å². The van der Waals surface area contributed by atoms with Crippen LogP contribution in [-0.4, -0.2) is 24.0 Å². The fraction of sp³-hybridized carbons (Fsp3) is 1.00. The maximum Gasteiger partial charge on any atom is 0.456 e. The van der Waals surface area contributed by atoms with Crippen LogP contribution in [0.15, 0.2) is 0 Å². The van der Waals surface area contributed by atoms with E-state index in [4.69, 9.17) is 0 Å². The Morgan fingerprint density at radius 1 is 1.20 bits per heavy atom. The van der Waals surface area contributed by atoms with Crippen LogP contribution in [0, 0.1) is 0 Å². The third-order valence-electron chi connectivity index (χ3n) is 0.935. The predicted octanol–water partition coefficient (Wildman–Crippen LogP) is 1.35. The smallest absolute Gasteiger partial charge is 0.297 e. The molecule has 7 heteroatoms. The number of hydrogen-bond donors (Lipinski definition) is 0. The van der Waals surface area contributed by atoms with Crippen LogP contribution in [0.2, 0.25) is 0 Å². The minimum absolute atomic E-state index is 1.63. The molecule has 0 atom stereocenters. The van der Waals surface area contributed by atoms with Gasteiger partial charge in [-0.1, -0.05) is 0 Å². The molecule has 0 aromatic carbocycles. The van der Waals surface area contributed by atoms with Gasteiger partial charge in [0, 0.05) is 5.12 Å². The lowest BCUT2D eigenvalue weighted by Crippen LogP contribution is -2.39. The molecular formula is C3H2F5NO. The Kier molecular flexibility index (Phi) is 1.37. The molecule has 0 aromatic rings. The Bertz CT molecular complexity index is 132. The Hall–Kier alpha value is -0.430. The lowest BCUT2D eigenvalue weighted by molar-refractivity contribution is -0.365. The summed E-state index contributed by atoms with van der Waals surface area (Å²) in [5.41, 5.74) is 0. The molecule has 0 N–H and O–H groups in total. The van der Waals surface area contributed by atoms with E-state index in [9.17, 15) is 22.0 Å². The molecule has 1 aliphatic rings. The summed E-state index contributed by atoms with van der Waals surface area (Å²) >= 11 is 0. The second-order valence-corrected chi connectivity index (χ2v) is 1.72. The van der Waals surface area contributed by atoms with E-state index in [-0.39, 0.29) is 0 Å². The molecule has 60 valence electrons. The highest BCUT2D eigenvalue weighted by atomic mass is 19.3. The highest BCUT2D eigenvalue weighted by molar-refractivity contribution is 4.71. The molecule has 1 heterocycles. The van der Waals surface area contributed by atoms with Crippen molar-refractivity contribution in [1.29, 1.82) is 0 Å². The molecule has 1 aliphatic heterocycles. The lowest BCUT2D eigenvalue weighted by atomic mass is 10.6. The van der Waals surface area contributed by atoms with Crippen LogP contribution in [-0.2, 0) is 4.74 Å². The predicted molar refractivity (Wildman–Crippen MR) is 18.8 cm³/mol. The fourth-order valence-corrected chi connectivity index (χ4v) is 0.477. The average Bonchev–Trinajstić information content (AvgIpc) is 1.95. The van der Waals surface area contributed by atoms with Crippen molar-refractivity contribution in [3.05, 3.63) is 0 Å². The van der Waals surface area contributed by atoms with Gasteiger partial charge >= 0.3 is 12.3 Å². The van der Waals surface area contributed by atoms with Crippen molar-refractivity contribution in [3.8, 4) is 0 Å². The fourth-order valence-electron chi connectivity index (χ4n) is 0.477. The zero-order chi connectivity index (χ0) is 7.99. The molecule has 0 aliphatic carbocycles. The van der Waals surface area contributed by atoms with E-state index >= 15 is 0 Å². The molecule has 0 amide bonds. The molecular weight excluding hydrogens is 161 g/mol. The maximum atomic E-state index is 11.8. The summed E-state index contributed by atoms with van der Waals surface area (Å²) in [6.45, 7) is -1.63. The van der Waals surface area contributed by atoms with E-state index < -0.39 is 24.0 Å². The number of halogens is 5. The van der Waals surface area contributed by atoms with Gasteiger partial charge in [0.15, 0.2) is 0 Å². The summed E-state index contributed by atoms with van der Waals surface area (Å²) in [7, 11) is 0. The molecule has 0 aromatic heterocycles. The summed E-state index contributed by atoms with van der Waals surface area (Å²) in [4.78, 5) is 0. The maximum absolute atomic E-state index is 11.8. The normalized spacial score (nSPS) is 30.9. The van der Waals surface area contributed by atoms with E-state index in [1.54, 1.807) is 0 Å². The lowest BCUT2D eigenvalue weighted by Gasteiger charge is -2.14. The molecule has 1 saturated heterocycles. The number of rotatable bonds is 0. The van der Waals surface area contributed by atoms with E-state index in [2.05, 4.69) is 4.74 Å². The van der Waals surface area contributed by atoms with Gasteiger partial charge in [-0.05, 0) is 0 Å². The summed E-state index contributed by atoms with van der Waals surface area (Å²) in [5.74, 6) is 0. The van der Waals surface area contributed by atoms with Crippen LogP contribution in [0.1, 0.15) is 0 Å². The molecule has 1 rings (SSSR count). The summed E-state index contributed by atoms with van der Waals surface area (Å²) in [6, 6.07) is -4.22. The van der Waals surface area contributed by atoms with Crippen molar-refractivity contribution in [3.63, 3.8) is 0 Å². The van der Waals surface area contributed by atoms with Crippen molar-refractivity contribution in [2.24, 2.45) is 0 Å². The molecule has 0 bridgehead atoms. The van der Waals surface area contributed by atoms with Gasteiger partial charge in [0.1, 0.15) is 6.61 Å². The third-order valence-corrected chi connectivity index (χ3v) is 0.935. The van der Waals surface area contributed by atoms with Gasteiger partial charge in [0.05, 0.1) is 0 Å². The van der Waals surface area contributed by atoms with Crippen LogP contribution in [0.5, 0.6) is 0 Å². The Morgan fingerprint density at radius 2 is 1.70 bits per heavy atom. The van der Waals surface area contributed by atoms with Gasteiger partial charge in [0.25, 0.3) is 0 Å². The van der Waals surface area contributed by atoms with Crippen molar-refractivity contribution < 1.29 is 26.8 Å². The Morgan fingerprint density at radius 3 is 1.80 bits per heavy atom. The average molecular weight is 163 g/mol. The standard InChI is InChI=1S/C3H2F5NO/c4-2(5)1-10-3(6,7)9(2)8/h1H2. The third kappa shape index (κ3) is 0.948. The zero-order valence-corrected chi connectivity index (χ0v) is 4.45. The molecule has 10 heavy (non-hydrogen) atoms. The highest BCUT2D eigenvalue weighted by Gasteiger charge is 2.62. The quantitative estimate of drug-likeness (QED) is 0.303. The van der Waals surface area contributed by atoms with Gasteiger partial charge in [0.2, 0.25) is 0 Å². The SMILES string of the molecule is FN1C(F)(F)COC1(F)F. The zero-order valence-electron chi connectivity index (χ0n) is 4.45. The van der Waals surface area contributed by atoms with Crippen LogP contribution in [0.4, 0.5) is 22.0 Å². The second-order valence-electron chi connectivity index (χ2n) is 1.72. The number of alkyl halides is 4. The molecule has 0 radical (unpaired) electrons. The summed E-state index contributed by atoms with van der Waals surface area (Å²) in [5, 5.41) is -1.90. The minimum Gasteiger partial charge on any atom is -0.297 e. The summed E-state index contributed by atoms with van der Waals surface area (Å²) in [6.07, 6.45) is -4.50. The monoisotopic (exact) mass is 163 g/mol. The van der Waals surface area contributed by atoms with Crippen molar-refractivity contribution >= 4 is 0 Å². The first kappa shape index (κ1) is 7.67. The van der Waals surface area contributed by atoms with E-state index in [1.165, 1.54) is 0 Å². The van der Waals surface area contributed by atoms with Crippen LogP contribution >= 0.6 is 0 Å². The topological polar surface area (TPSA) is 12.5 Å². The Labute approximate surface area is 52.1 Å². The van der Waals surface area contributed by atoms with Crippen molar-refractivity contribution in [1.82, 2.24) is 5.12 Å². The van der Waals surface area contributed by atoms with E-state index in [0.29, 0.717) is 0 Å². The van der Waals surface area contributed by atoms with E-state index in [0.717, 1.165) is 0 Å². The van der Waals surface area contributed by atoms with Crippen molar-refractivity contribution in [2.75, 3.05) is 6.61 Å². The van der Waals surface area contributed by atoms with Crippen LogP contribution in [0.25, 0.3) is 0 Å². The van der Waals surface area contributed by atoms with Gasteiger partial charge in [-0.15, -0.1) is 4.48 Å². The van der Waals surface area contributed by atoms with Crippen LogP contribution in [0.3, 0.4) is 0 Å². The molecule has 1 fully saturated rings. The van der Waals surface area contributed by atoms with E-state index in [1.807, 2.05) is 0 Å². The minimum atomic E-state index is -4.50. The summed E-state index contributed by atoms with van der Waals surface area (Å²) < 4.78 is 61.7. The first-order valence-corrected chi connectivity index (χ1v) is 2.22. The molecule has 0 unspecified atom stereocenters. The first-order chi connectivity index (χ1) is 4.36.